The van der Waals surface area contributed by atoms with E-state index >= 15 is 0 Å². The van der Waals surface area contributed by atoms with Crippen LogP contribution in [0.25, 0.3) is 10.9 Å². The molecule has 3 aromatic carbocycles. The Kier molecular flexibility index (Phi) is 7.59. The van der Waals surface area contributed by atoms with Crippen LogP contribution in [-0.4, -0.2) is 33.8 Å². The topological polar surface area (TPSA) is 120 Å². The van der Waals surface area contributed by atoms with Crippen molar-refractivity contribution in [3.05, 3.63) is 76.8 Å². The summed E-state index contributed by atoms with van der Waals surface area (Å²) < 4.78 is 25.4. The van der Waals surface area contributed by atoms with Gasteiger partial charge in [0, 0.05) is 28.6 Å². The van der Waals surface area contributed by atoms with Gasteiger partial charge in [-0.1, -0.05) is 23.7 Å². The molecule has 0 radical (unpaired) electrons. The number of rotatable bonds is 8. The molecule has 1 unspecified atom stereocenters. The van der Waals surface area contributed by atoms with Crippen molar-refractivity contribution in [2.45, 2.75) is 38.7 Å². The number of para-hydroxylation sites is 1. The summed E-state index contributed by atoms with van der Waals surface area (Å²) in [5.74, 6) is -0.896. The second kappa shape index (κ2) is 10.7. The zero-order valence-electron chi connectivity index (χ0n) is 21.4. The van der Waals surface area contributed by atoms with E-state index in [-0.39, 0.29) is 11.4 Å². The molecule has 0 aliphatic heterocycles. The molecular formula is C28H28ClFN4O4. The van der Waals surface area contributed by atoms with Crippen LogP contribution in [0.5, 0.6) is 11.5 Å². The number of nitrogen functional groups attached to an aromatic ring is 1. The molecule has 4 rings (SSSR count). The number of aliphatic carboxylic acids is 1. The van der Waals surface area contributed by atoms with Crippen molar-refractivity contribution >= 4 is 45.7 Å². The second-order valence-corrected chi connectivity index (χ2v) is 10.1. The molecule has 0 saturated heterocycles. The highest BCUT2D eigenvalue weighted by atomic mass is 35.5. The largest absolute Gasteiger partial charge is 0.496 e. The third-order valence-electron chi connectivity index (χ3n) is 5.81. The molecule has 0 aliphatic carbocycles. The van der Waals surface area contributed by atoms with Crippen molar-refractivity contribution < 1.29 is 23.8 Å². The average Bonchev–Trinajstić information content (AvgIpc) is 2.85. The number of halogens is 2. The highest BCUT2D eigenvalue weighted by Gasteiger charge is 2.27. The Morgan fingerprint density at radius 3 is 2.55 bits per heavy atom. The van der Waals surface area contributed by atoms with Gasteiger partial charge in [-0.25, -0.2) is 14.4 Å². The zero-order chi connectivity index (χ0) is 27.6. The van der Waals surface area contributed by atoms with Crippen LogP contribution in [-0.2, 0) is 4.79 Å². The molecule has 4 aromatic rings. The fraction of sp³-hybridized carbons (Fsp3) is 0.250. The lowest BCUT2D eigenvalue weighted by atomic mass is 9.86. The van der Waals surface area contributed by atoms with E-state index in [0.717, 1.165) is 0 Å². The van der Waals surface area contributed by atoms with Crippen molar-refractivity contribution in [2.75, 3.05) is 18.2 Å². The first-order valence-electron chi connectivity index (χ1n) is 11.8. The third-order valence-corrected chi connectivity index (χ3v) is 6.10. The lowest BCUT2D eigenvalue weighted by Gasteiger charge is -2.26. The number of hydrogen-bond donors (Lipinski definition) is 3. The van der Waals surface area contributed by atoms with Crippen LogP contribution in [0.2, 0.25) is 5.02 Å². The van der Waals surface area contributed by atoms with E-state index in [2.05, 4.69) is 15.3 Å². The molecule has 38 heavy (non-hydrogen) atoms. The summed E-state index contributed by atoms with van der Waals surface area (Å²) >= 11 is 5.95. The number of carbonyl (C=O) groups is 1. The normalized spacial score (nSPS) is 12.3. The van der Waals surface area contributed by atoms with Gasteiger partial charge < -0.3 is 25.6 Å². The van der Waals surface area contributed by atoms with Crippen LogP contribution in [0.15, 0.2) is 54.9 Å². The Labute approximate surface area is 224 Å². The number of methoxy groups -OCH3 is 1. The Morgan fingerprint density at radius 2 is 1.89 bits per heavy atom. The Morgan fingerprint density at radius 1 is 1.13 bits per heavy atom. The second-order valence-electron chi connectivity index (χ2n) is 9.71. The zero-order valence-corrected chi connectivity index (χ0v) is 22.1. The van der Waals surface area contributed by atoms with E-state index in [0.29, 0.717) is 50.7 Å². The monoisotopic (exact) mass is 538 g/mol. The number of nitrogens with two attached hydrogens (primary N) is 1. The van der Waals surface area contributed by atoms with Crippen molar-refractivity contribution in [1.82, 2.24) is 9.97 Å². The lowest BCUT2D eigenvalue weighted by molar-refractivity contribution is -0.137. The van der Waals surface area contributed by atoms with E-state index < -0.39 is 23.3 Å². The predicted octanol–water partition coefficient (Wildman–Crippen LogP) is 6.54. The van der Waals surface area contributed by atoms with Crippen LogP contribution in [0.3, 0.4) is 0 Å². The molecule has 10 heteroatoms. The van der Waals surface area contributed by atoms with E-state index in [1.54, 1.807) is 30.3 Å². The summed E-state index contributed by atoms with van der Waals surface area (Å²) in [6, 6.07) is 13.1. The molecule has 198 valence electrons. The summed E-state index contributed by atoms with van der Waals surface area (Å²) in [6.07, 6.45) is 1.13. The van der Waals surface area contributed by atoms with Gasteiger partial charge in [-0.05, 0) is 56.7 Å². The van der Waals surface area contributed by atoms with Crippen LogP contribution in [0.1, 0.15) is 44.2 Å². The maximum atomic E-state index is 13.7. The molecule has 1 atom stereocenters. The van der Waals surface area contributed by atoms with Gasteiger partial charge in [-0.3, -0.25) is 4.79 Å². The summed E-state index contributed by atoms with van der Waals surface area (Å²) in [4.78, 5) is 20.7. The maximum absolute atomic E-state index is 13.7. The third kappa shape index (κ3) is 5.89. The number of carboxylic acids is 1. The van der Waals surface area contributed by atoms with Crippen LogP contribution < -0.4 is 20.5 Å². The predicted molar refractivity (Wildman–Crippen MR) is 146 cm³/mol. The molecule has 0 amide bonds. The van der Waals surface area contributed by atoms with Crippen molar-refractivity contribution in [3.8, 4) is 11.5 Å². The van der Waals surface area contributed by atoms with Crippen LogP contribution >= 0.6 is 11.6 Å². The van der Waals surface area contributed by atoms with E-state index in [4.69, 9.17) is 26.8 Å². The van der Waals surface area contributed by atoms with Crippen LogP contribution in [0.4, 0.5) is 21.6 Å². The quantitative estimate of drug-likeness (QED) is 0.216. The number of fused-ring (bicyclic) bond motifs is 1. The molecule has 4 N–H and O–H groups in total. The summed E-state index contributed by atoms with van der Waals surface area (Å²) in [5, 5.41) is 13.5. The smallest absolute Gasteiger partial charge is 0.304 e. The standard InChI is InChI=1S/C28H28ClFN4O4/c1-28(2,3)38-23-7-5-6-16(26(23)31)17(12-25(35)36)18-11-19-22(13-24(18)37-4)32-14-33-27(19)34-15-8-9-21(30)20(29)10-15/h5-11,13-14,17H,12,31H2,1-4H3,(H,35,36)(H,32,33,34). The van der Waals surface area contributed by atoms with Crippen LogP contribution in [0, 0.1) is 5.82 Å². The number of carboxylic acid groups (broad SMARTS) is 1. The minimum absolute atomic E-state index is 0.0370. The average molecular weight is 539 g/mol. The van der Waals surface area contributed by atoms with Gasteiger partial charge in [0.15, 0.2) is 0 Å². The molecule has 1 heterocycles. The fourth-order valence-corrected chi connectivity index (χ4v) is 4.39. The molecule has 0 aliphatic rings. The van der Waals surface area contributed by atoms with Gasteiger partial charge in [-0.15, -0.1) is 0 Å². The number of anilines is 3. The van der Waals surface area contributed by atoms with Crippen molar-refractivity contribution in [1.29, 1.82) is 0 Å². The van der Waals surface area contributed by atoms with E-state index in [1.165, 1.54) is 31.6 Å². The highest BCUT2D eigenvalue weighted by molar-refractivity contribution is 6.31. The summed E-state index contributed by atoms with van der Waals surface area (Å²) in [6.45, 7) is 5.72. The number of aromatic nitrogens is 2. The molecule has 0 spiro atoms. The Hall–Kier alpha value is -4.11. The van der Waals surface area contributed by atoms with E-state index in [9.17, 15) is 14.3 Å². The van der Waals surface area contributed by atoms with Gasteiger partial charge in [0.2, 0.25) is 0 Å². The number of hydrogen-bond acceptors (Lipinski definition) is 7. The van der Waals surface area contributed by atoms with Gasteiger partial charge >= 0.3 is 5.97 Å². The first kappa shape index (κ1) is 26.9. The summed E-state index contributed by atoms with van der Waals surface area (Å²) in [7, 11) is 1.51. The molecule has 8 nitrogen and oxygen atoms in total. The molecule has 0 bridgehead atoms. The SMILES string of the molecule is COc1cc2ncnc(Nc3ccc(F)c(Cl)c3)c2cc1C(CC(=O)O)c1cccc(OC(C)(C)C)c1N. The first-order valence-corrected chi connectivity index (χ1v) is 12.2. The van der Waals surface area contributed by atoms with Gasteiger partial charge in [0.25, 0.3) is 0 Å². The van der Waals surface area contributed by atoms with E-state index in [1.807, 2.05) is 20.8 Å². The molecule has 0 fully saturated rings. The maximum Gasteiger partial charge on any atom is 0.304 e. The fourth-order valence-electron chi connectivity index (χ4n) is 4.21. The first-order chi connectivity index (χ1) is 18.0. The molecule has 0 saturated carbocycles. The lowest BCUT2D eigenvalue weighted by Crippen LogP contribution is -2.24. The van der Waals surface area contributed by atoms with Crippen molar-refractivity contribution in [2.24, 2.45) is 0 Å². The minimum atomic E-state index is -1.01. The number of benzene rings is 3. The van der Waals surface area contributed by atoms with Gasteiger partial charge in [0.05, 0.1) is 29.8 Å². The summed E-state index contributed by atoms with van der Waals surface area (Å²) in [5.41, 5.74) is 8.62. The minimum Gasteiger partial charge on any atom is -0.496 e. The van der Waals surface area contributed by atoms with Gasteiger partial charge in [-0.2, -0.15) is 0 Å². The van der Waals surface area contributed by atoms with Gasteiger partial charge in [0.1, 0.15) is 35.1 Å². The molecular weight excluding hydrogens is 511 g/mol. The number of ether oxygens (including phenoxy) is 2. The highest BCUT2D eigenvalue weighted by Crippen LogP contribution is 2.42. The Bertz CT molecular complexity index is 1510. The Balaban J connectivity index is 1.88. The number of nitrogens with zero attached hydrogens (tertiary/aromatic N) is 2. The van der Waals surface area contributed by atoms with Crippen molar-refractivity contribution in [3.63, 3.8) is 0 Å². The number of nitrogens with one attached hydrogen (secondary N) is 1. The molecule has 1 aromatic heterocycles.